The first kappa shape index (κ1) is 20.4. The van der Waals surface area contributed by atoms with E-state index in [9.17, 15) is 13.2 Å². The van der Waals surface area contributed by atoms with Crippen molar-refractivity contribution in [3.63, 3.8) is 0 Å². The molecule has 2 heterocycles. The zero-order chi connectivity index (χ0) is 22.0. The second-order valence-corrected chi connectivity index (χ2v) is 8.92. The molecule has 0 aliphatic rings. The Bertz CT molecular complexity index is 1380. The highest BCUT2D eigenvalue weighted by Crippen LogP contribution is 2.20. The average molecular weight is 437 g/mol. The molecular formula is C20H19N7O3S. The number of nitrogens with one attached hydrogen (secondary N) is 2. The maximum atomic E-state index is 11.8. The molecule has 10 nitrogen and oxygen atoms in total. The third-order valence-electron chi connectivity index (χ3n) is 4.41. The first-order chi connectivity index (χ1) is 14.8. The zero-order valence-electron chi connectivity index (χ0n) is 16.8. The Morgan fingerprint density at radius 1 is 1.13 bits per heavy atom. The molecule has 1 amide bonds. The monoisotopic (exact) mass is 437 g/mol. The molecule has 0 radical (unpaired) electrons. The lowest BCUT2D eigenvalue weighted by Gasteiger charge is -2.08. The van der Waals surface area contributed by atoms with Gasteiger partial charge in [0.2, 0.25) is 11.9 Å². The van der Waals surface area contributed by atoms with E-state index in [1.807, 2.05) is 24.3 Å². The summed E-state index contributed by atoms with van der Waals surface area (Å²) in [5.74, 6) is 0.163. The van der Waals surface area contributed by atoms with Crippen molar-refractivity contribution in [3.8, 4) is 5.69 Å². The minimum Gasteiger partial charge on any atom is -0.352 e. The van der Waals surface area contributed by atoms with E-state index in [4.69, 9.17) is 0 Å². The fraction of sp³-hybridized carbons (Fsp3) is 0.150. The molecule has 0 bridgehead atoms. The van der Waals surface area contributed by atoms with E-state index < -0.39 is 9.84 Å². The Labute approximate surface area is 178 Å². The number of fused-ring (bicyclic) bond motifs is 1. The number of carbonyl (C=O) groups is 1. The lowest BCUT2D eigenvalue weighted by atomic mass is 10.2. The molecular weight excluding hydrogens is 418 g/mol. The summed E-state index contributed by atoms with van der Waals surface area (Å²) in [6, 6.07) is 13.9. The molecule has 4 aromatic rings. The van der Waals surface area contributed by atoms with E-state index in [2.05, 4.69) is 30.9 Å². The Balaban J connectivity index is 1.66. The van der Waals surface area contributed by atoms with Crippen molar-refractivity contribution in [2.45, 2.75) is 18.4 Å². The summed E-state index contributed by atoms with van der Waals surface area (Å²) in [7, 11) is -3.33. The van der Waals surface area contributed by atoms with E-state index in [0.29, 0.717) is 23.4 Å². The van der Waals surface area contributed by atoms with Gasteiger partial charge in [-0.1, -0.05) is 23.4 Å². The molecule has 2 aromatic carbocycles. The fourth-order valence-corrected chi connectivity index (χ4v) is 3.59. The number of anilines is 2. The van der Waals surface area contributed by atoms with Crippen LogP contribution in [0.3, 0.4) is 0 Å². The number of nitrogens with zero attached hydrogens (tertiary/aromatic N) is 5. The maximum absolute atomic E-state index is 11.8. The first-order valence-electron chi connectivity index (χ1n) is 9.29. The largest absolute Gasteiger partial charge is 0.352 e. The van der Waals surface area contributed by atoms with Crippen LogP contribution < -0.4 is 10.6 Å². The van der Waals surface area contributed by atoms with Gasteiger partial charge < -0.3 is 10.6 Å². The minimum atomic E-state index is -3.33. The quantitative estimate of drug-likeness (QED) is 0.468. The summed E-state index contributed by atoms with van der Waals surface area (Å²) >= 11 is 0. The molecule has 11 heteroatoms. The highest BCUT2D eigenvalue weighted by atomic mass is 32.2. The van der Waals surface area contributed by atoms with Crippen LogP contribution in [0.25, 0.3) is 16.9 Å². The highest BCUT2D eigenvalue weighted by molar-refractivity contribution is 7.90. The smallest absolute Gasteiger partial charge is 0.229 e. The molecule has 0 unspecified atom stereocenters. The van der Waals surface area contributed by atoms with Crippen molar-refractivity contribution in [3.05, 3.63) is 60.3 Å². The minimum absolute atomic E-state index is 0.111. The SMILES string of the molecule is CC(=O)NCc1cccc(-n2nnc3cnc(Nc4cccc(S(C)(=O)=O)c4)nc32)c1. The summed E-state index contributed by atoms with van der Waals surface area (Å²) in [5, 5.41) is 14.0. The van der Waals surface area contributed by atoms with Crippen molar-refractivity contribution in [2.75, 3.05) is 11.6 Å². The summed E-state index contributed by atoms with van der Waals surface area (Å²) in [6.07, 6.45) is 2.69. The topological polar surface area (TPSA) is 132 Å². The van der Waals surface area contributed by atoms with Crippen molar-refractivity contribution >= 4 is 38.5 Å². The molecule has 158 valence electrons. The maximum Gasteiger partial charge on any atom is 0.229 e. The van der Waals surface area contributed by atoms with Crippen LogP contribution in [0.2, 0.25) is 0 Å². The number of sulfone groups is 1. The molecule has 0 fully saturated rings. The lowest BCUT2D eigenvalue weighted by Crippen LogP contribution is -2.18. The molecule has 31 heavy (non-hydrogen) atoms. The summed E-state index contributed by atoms with van der Waals surface area (Å²) in [5.41, 5.74) is 3.16. The van der Waals surface area contributed by atoms with Gasteiger partial charge in [-0.2, -0.15) is 9.67 Å². The number of aromatic nitrogens is 5. The van der Waals surface area contributed by atoms with E-state index in [1.165, 1.54) is 25.3 Å². The first-order valence-corrected chi connectivity index (χ1v) is 11.2. The standard InChI is InChI=1S/C20H19N7O3S/c1-13(28)21-11-14-5-3-7-16(9-14)27-19-18(25-26-27)12-22-20(24-19)23-15-6-4-8-17(10-15)31(2,29)30/h3-10,12H,11H2,1-2H3,(H,21,28)(H,22,23,24). The van der Waals surface area contributed by atoms with Crippen LogP contribution in [0, 0.1) is 0 Å². The van der Waals surface area contributed by atoms with Crippen molar-refractivity contribution in [1.82, 2.24) is 30.3 Å². The number of amides is 1. The van der Waals surface area contributed by atoms with Crippen LogP contribution >= 0.6 is 0 Å². The average Bonchev–Trinajstić information content (AvgIpc) is 3.15. The van der Waals surface area contributed by atoms with Gasteiger partial charge in [-0.15, -0.1) is 5.10 Å². The van der Waals surface area contributed by atoms with Gasteiger partial charge in [0.15, 0.2) is 21.0 Å². The van der Waals surface area contributed by atoms with Gasteiger partial charge in [0, 0.05) is 25.4 Å². The third kappa shape index (κ3) is 4.67. The Morgan fingerprint density at radius 3 is 2.71 bits per heavy atom. The van der Waals surface area contributed by atoms with Crippen molar-refractivity contribution in [1.29, 1.82) is 0 Å². The van der Waals surface area contributed by atoms with Gasteiger partial charge in [-0.3, -0.25) is 4.79 Å². The number of carbonyl (C=O) groups excluding carboxylic acids is 1. The Hall–Kier alpha value is -3.86. The lowest BCUT2D eigenvalue weighted by molar-refractivity contribution is -0.119. The number of rotatable bonds is 6. The van der Waals surface area contributed by atoms with Crippen LogP contribution in [-0.4, -0.2) is 45.5 Å². The molecule has 0 aliphatic carbocycles. The van der Waals surface area contributed by atoms with Gasteiger partial charge in [0.25, 0.3) is 0 Å². The highest BCUT2D eigenvalue weighted by Gasteiger charge is 2.12. The summed E-state index contributed by atoms with van der Waals surface area (Å²) in [6.45, 7) is 1.86. The number of hydrogen-bond donors (Lipinski definition) is 2. The second-order valence-electron chi connectivity index (χ2n) is 6.91. The Morgan fingerprint density at radius 2 is 1.94 bits per heavy atom. The van der Waals surface area contributed by atoms with Gasteiger partial charge in [0.05, 0.1) is 16.8 Å². The van der Waals surface area contributed by atoms with E-state index in [1.54, 1.807) is 16.8 Å². The van der Waals surface area contributed by atoms with E-state index in [-0.39, 0.29) is 16.8 Å². The van der Waals surface area contributed by atoms with Gasteiger partial charge in [0.1, 0.15) is 0 Å². The Kier molecular flexibility index (Phi) is 5.34. The number of benzene rings is 2. The van der Waals surface area contributed by atoms with Crippen LogP contribution in [0.4, 0.5) is 11.6 Å². The van der Waals surface area contributed by atoms with Gasteiger partial charge >= 0.3 is 0 Å². The van der Waals surface area contributed by atoms with Crippen LogP contribution in [0.15, 0.2) is 59.6 Å². The molecule has 0 aliphatic heterocycles. The van der Waals surface area contributed by atoms with Crippen LogP contribution in [0.1, 0.15) is 12.5 Å². The molecule has 2 N–H and O–H groups in total. The zero-order valence-corrected chi connectivity index (χ0v) is 17.6. The van der Waals surface area contributed by atoms with Crippen LogP contribution in [0.5, 0.6) is 0 Å². The third-order valence-corrected chi connectivity index (χ3v) is 5.52. The predicted molar refractivity (Wildman–Crippen MR) is 115 cm³/mol. The molecule has 0 atom stereocenters. The second kappa shape index (κ2) is 8.11. The molecule has 2 aromatic heterocycles. The van der Waals surface area contributed by atoms with Gasteiger partial charge in [-0.25, -0.2) is 13.4 Å². The van der Waals surface area contributed by atoms with Gasteiger partial charge in [-0.05, 0) is 35.9 Å². The summed E-state index contributed by atoms with van der Waals surface area (Å²) in [4.78, 5) is 20.1. The predicted octanol–water partition coefficient (Wildman–Crippen LogP) is 1.99. The van der Waals surface area contributed by atoms with E-state index >= 15 is 0 Å². The van der Waals surface area contributed by atoms with Crippen molar-refractivity contribution in [2.24, 2.45) is 0 Å². The normalized spacial score (nSPS) is 11.4. The fourth-order valence-electron chi connectivity index (χ4n) is 2.92. The molecule has 0 saturated heterocycles. The summed E-state index contributed by atoms with van der Waals surface area (Å²) < 4.78 is 25.2. The van der Waals surface area contributed by atoms with Crippen molar-refractivity contribution < 1.29 is 13.2 Å². The van der Waals surface area contributed by atoms with Crippen LogP contribution in [-0.2, 0) is 21.2 Å². The molecule has 0 saturated carbocycles. The van der Waals surface area contributed by atoms with E-state index in [0.717, 1.165) is 17.5 Å². The molecule has 0 spiro atoms. The number of hydrogen-bond acceptors (Lipinski definition) is 8. The molecule has 4 rings (SSSR count).